The average Bonchev–Trinajstić information content (AvgIpc) is 3.02. The first-order valence-electron chi connectivity index (χ1n) is 7.59. The fraction of sp³-hybridized carbons (Fsp3) is 0.438. The Hall–Kier alpha value is -2.21. The van der Waals surface area contributed by atoms with Crippen molar-refractivity contribution in [2.24, 2.45) is 5.92 Å². The second kappa shape index (κ2) is 6.70. The van der Waals surface area contributed by atoms with Gasteiger partial charge in [-0.05, 0) is 31.9 Å². The van der Waals surface area contributed by atoms with Crippen LogP contribution in [0.1, 0.15) is 25.6 Å². The van der Waals surface area contributed by atoms with Crippen molar-refractivity contribution in [1.29, 1.82) is 0 Å². The van der Waals surface area contributed by atoms with E-state index < -0.39 is 0 Å². The van der Waals surface area contributed by atoms with E-state index in [1.54, 1.807) is 6.33 Å². The highest BCUT2D eigenvalue weighted by Gasteiger charge is 2.28. The van der Waals surface area contributed by atoms with Crippen LogP contribution < -0.4 is 5.32 Å². The summed E-state index contributed by atoms with van der Waals surface area (Å²) in [5.41, 5.74) is 0.978. The Balaban J connectivity index is 1.65. The molecule has 2 atom stereocenters. The molecule has 1 fully saturated rings. The molecule has 1 N–H and O–H groups in total. The van der Waals surface area contributed by atoms with E-state index in [-0.39, 0.29) is 17.9 Å². The molecule has 1 saturated heterocycles. The van der Waals surface area contributed by atoms with Gasteiger partial charge in [0.25, 0.3) is 0 Å². The molecular formula is C16H20N4O2. The fourth-order valence-electron chi connectivity index (χ4n) is 2.75. The van der Waals surface area contributed by atoms with Gasteiger partial charge in [-0.25, -0.2) is 0 Å². The molecule has 1 aliphatic heterocycles. The van der Waals surface area contributed by atoms with E-state index in [9.17, 15) is 4.79 Å². The standard InChI is InChI=1S/C16H20N4O2/c1-12-14(8-5-9-22-12)16(21)17-10-15-19-18-11-20(15)13-6-3-2-4-7-13/h2-4,6-7,11-12,14H,5,8-10H2,1H3,(H,17,21)/t12-,14-/m0/s1. The van der Waals surface area contributed by atoms with Crippen molar-refractivity contribution in [3.8, 4) is 5.69 Å². The quantitative estimate of drug-likeness (QED) is 0.933. The maximum absolute atomic E-state index is 12.3. The minimum atomic E-state index is -0.0816. The third-order valence-electron chi connectivity index (χ3n) is 4.02. The van der Waals surface area contributed by atoms with E-state index in [1.807, 2.05) is 41.8 Å². The summed E-state index contributed by atoms with van der Waals surface area (Å²) in [7, 11) is 0. The molecular weight excluding hydrogens is 280 g/mol. The summed E-state index contributed by atoms with van der Waals surface area (Å²) in [6.07, 6.45) is 3.44. The lowest BCUT2D eigenvalue weighted by atomic mass is 9.94. The third kappa shape index (κ3) is 3.17. The van der Waals surface area contributed by atoms with E-state index in [0.29, 0.717) is 12.4 Å². The summed E-state index contributed by atoms with van der Waals surface area (Å²) in [6, 6.07) is 9.83. The Kier molecular flexibility index (Phi) is 4.48. The molecule has 3 rings (SSSR count). The molecule has 116 valence electrons. The van der Waals surface area contributed by atoms with Gasteiger partial charge in [0.2, 0.25) is 5.91 Å². The Morgan fingerprint density at radius 1 is 1.41 bits per heavy atom. The first-order chi connectivity index (χ1) is 10.8. The van der Waals surface area contributed by atoms with Crippen LogP contribution in [0.5, 0.6) is 0 Å². The third-order valence-corrected chi connectivity index (χ3v) is 4.02. The summed E-state index contributed by atoms with van der Waals surface area (Å²) >= 11 is 0. The van der Waals surface area contributed by atoms with Crippen molar-refractivity contribution in [1.82, 2.24) is 20.1 Å². The highest BCUT2D eigenvalue weighted by molar-refractivity contribution is 5.79. The number of carbonyl (C=O) groups excluding carboxylic acids is 1. The van der Waals surface area contributed by atoms with Gasteiger partial charge in [0, 0.05) is 12.3 Å². The van der Waals surface area contributed by atoms with Crippen LogP contribution in [-0.2, 0) is 16.1 Å². The molecule has 2 heterocycles. The van der Waals surface area contributed by atoms with Crippen molar-refractivity contribution < 1.29 is 9.53 Å². The number of carbonyl (C=O) groups is 1. The van der Waals surface area contributed by atoms with Crippen LogP contribution >= 0.6 is 0 Å². The highest BCUT2D eigenvalue weighted by Crippen LogP contribution is 2.20. The van der Waals surface area contributed by atoms with Gasteiger partial charge in [-0.15, -0.1) is 10.2 Å². The van der Waals surface area contributed by atoms with Crippen molar-refractivity contribution in [3.63, 3.8) is 0 Å². The summed E-state index contributed by atoms with van der Waals surface area (Å²) in [5.74, 6) is 0.653. The topological polar surface area (TPSA) is 69.0 Å². The summed E-state index contributed by atoms with van der Waals surface area (Å²) < 4.78 is 7.42. The fourth-order valence-corrected chi connectivity index (χ4v) is 2.75. The Bertz CT molecular complexity index is 626. The molecule has 0 radical (unpaired) electrons. The molecule has 6 heteroatoms. The van der Waals surface area contributed by atoms with Crippen molar-refractivity contribution in [3.05, 3.63) is 42.5 Å². The number of hydrogen-bond acceptors (Lipinski definition) is 4. The van der Waals surface area contributed by atoms with Crippen molar-refractivity contribution >= 4 is 5.91 Å². The lowest BCUT2D eigenvalue weighted by molar-refractivity contribution is -0.133. The number of benzene rings is 1. The van der Waals surface area contributed by atoms with Crippen LogP contribution in [0.15, 0.2) is 36.7 Å². The molecule has 0 saturated carbocycles. The number of amides is 1. The van der Waals surface area contributed by atoms with Crippen LogP contribution in [0.2, 0.25) is 0 Å². The van der Waals surface area contributed by atoms with Crippen LogP contribution in [-0.4, -0.2) is 33.4 Å². The van der Waals surface area contributed by atoms with Gasteiger partial charge >= 0.3 is 0 Å². The molecule has 0 bridgehead atoms. The van der Waals surface area contributed by atoms with Gasteiger partial charge in [0.15, 0.2) is 5.82 Å². The molecule has 0 aliphatic carbocycles. The zero-order valence-electron chi connectivity index (χ0n) is 12.6. The number of nitrogens with zero attached hydrogens (tertiary/aromatic N) is 3. The maximum Gasteiger partial charge on any atom is 0.226 e. The van der Waals surface area contributed by atoms with Crippen LogP contribution in [0.4, 0.5) is 0 Å². The van der Waals surface area contributed by atoms with Crippen LogP contribution in [0.25, 0.3) is 5.69 Å². The van der Waals surface area contributed by atoms with Crippen molar-refractivity contribution in [2.45, 2.75) is 32.4 Å². The van der Waals surface area contributed by atoms with Crippen LogP contribution in [0.3, 0.4) is 0 Å². The van der Waals surface area contributed by atoms with Gasteiger partial charge in [0.1, 0.15) is 6.33 Å². The zero-order valence-corrected chi connectivity index (χ0v) is 12.6. The Labute approximate surface area is 129 Å². The first-order valence-corrected chi connectivity index (χ1v) is 7.59. The smallest absolute Gasteiger partial charge is 0.226 e. The number of nitrogens with one attached hydrogen (secondary N) is 1. The van der Waals surface area contributed by atoms with E-state index in [4.69, 9.17) is 4.74 Å². The number of aromatic nitrogens is 3. The second-order valence-electron chi connectivity index (χ2n) is 5.50. The van der Waals surface area contributed by atoms with E-state index >= 15 is 0 Å². The Morgan fingerprint density at radius 2 is 2.23 bits per heavy atom. The minimum Gasteiger partial charge on any atom is -0.378 e. The van der Waals surface area contributed by atoms with Gasteiger partial charge in [0.05, 0.1) is 18.6 Å². The van der Waals surface area contributed by atoms with E-state index in [2.05, 4.69) is 15.5 Å². The lowest BCUT2D eigenvalue weighted by Crippen LogP contribution is -2.40. The monoisotopic (exact) mass is 300 g/mol. The molecule has 6 nitrogen and oxygen atoms in total. The SMILES string of the molecule is C[C@@H]1OCCC[C@@H]1C(=O)NCc1nncn1-c1ccccc1. The molecule has 1 aromatic carbocycles. The average molecular weight is 300 g/mol. The lowest BCUT2D eigenvalue weighted by Gasteiger charge is -2.27. The van der Waals surface area contributed by atoms with E-state index in [0.717, 1.165) is 25.1 Å². The number of ether oxygens (including phenoxy) is 1. The predicted octanol–water partition coefficient (Wildman–Crippen LogP) is 1.70. The number of hydrogen-bond donors (Lipinski definition) is 1. The normalized spacial score (nSPS) is 21.5. The molecule has 2 aromatic rings. The molecule has 22 heavy (non-hydrogen) atoms. The number of para-hydroxylation sites is 1. The highest BCUT2D eigenvalue weighted by atomic mass is 16.5. The molecule has 1 amide bonds. The van der Waals surface area contributed by atoms with Crippen molar-refractivity contribution in [2.75, 3.05) is 6.61 Å². The first kappa shape index (κ1) is 14.7. The minimum absolute atomic E-state index is 0.0230. The summed E-state index contributed by atoms with van der Waals surface area (Å²) in [4.78, 5) is 12.3. The van der Waals surface area contributed by atoms with Gasteiger partial charge in [-0.2, -0.15) is 0 Å². The second-order valence-corrected chi connectivity index (χ2v) is 5.50. The summed E-state index contributed by atoms with van der Waals surface area (Å²) in [5, 5.41) is 11.0. The van der Waals surface area contributed by atoms with Crippen LogP contribution in [0, 0.1) is 5.92 Å². The Morgan fingerprint density at radius 3 is 3.00 bits per heavy atom. The van der Waals surface area contributed by atoms with Gasteiger partial charge in [-0.1, -0.05) is 18.2 Å². The maximum atomic E-state index is 12.3. The van der Waals surface area contributed by atoms with Gasteiger partial charge < -0.3 is 10.1 Å². The van der Waals surface area contributed by atoms with Gasteiger partial charge in [-0.3, -0.25) is 9.36 Å². The molecule has 1 aliphatic rings. The number of rotatable bonds is 4. The molecule has 0 spiro atoms. The largest absolute Gasteiger partial charge is 0.378 e. The molecule has 0 unspecified atom stereocenters. The predicted molar refractivity (Wildman–Crippen MR) is 81.3 cm³/mol. The zero-order chi connectivity index (χ0) is 15.4. The summed E-state index contributed by atoms with van der Waals surface area (Å²) in [6.45, 7) is 3.06. The molecule has 1 aromatic heterocycles. The van der Waals surface area contributed by atoms with E-state index in [1.165, 1.54) is 0 Å².